The Morgan fingerprint density at radius 3 is 2.26 bits per heavy atom. The van der Waals surface area contributed by atoms with Gasteiger partial charge in [0.15, 0.2) is 0 Å². The van der Waals surface area contributed by atoms with Gasteiger partial charge in [0, 0.05) is 31.2 Å². The van der Waals surface area contributed by atoms with Gasteiger partial charge < -0.3 is 10.2 Å². The molecule has 0 bridgehead atoms. The first kappa shape index (κ1) is 23.5. The fraction of sp³-hybridized carbons (Fsp3) is 0.409. The maximum absolute atomic E-state index is 13.2. The van der Waals surface area contributed by atoms with Gasteiger partial charge >= 0.3 is 6.03 Å². The van der Waals surface area contributed by atoms with Crippen molar-refractivity contribution >= 4 is 27.7 Å². The second kappa shape index (κ2) is 9.97. The zero-order valence-corrected chi connectivity index (χ0v) is 19.2. The summed E-state index contributed by atoms with van der Waals surface area (Å²) in [6.07, 6.45) is 0.515. The molecule has 2 aromatic rings. The van der Waals surface area contributed by atoms with E-state index in [0.717, 1.165) is 17.7 Å². The van der Waals surface area contributed by atoms with Crippen molar-refractivity contribution in [3.8, 4) is 0 Å². The molecule has 0 aliphatic carbocycles. The predicted molar refractivity (Wildman–Crippen MR) is 119 cm³/mol. The van der Waals surface area contributed by atoms with Crippen LogP contribution in [-0.4, -0.2) is 49.8 Å². The summed E-state index contributed by atoms with van der Waals surface area (Å²) < 4.78 is 40.3. The lowest BCUT2D eigenvalue weighted by molar-refractivity contribution is 0.192. The SMILES string of the molecule is CC(C)C(NC(=O)N1CCCN(S(=O)(=O)c2ccc(F)cc2)CC1)c1ccc(Cl)cc1. The Labute approximate surface area is 188 Å². The number of rotatable bonds is 5. The molecule has 0 spiro atoms. The van der Waals surface area contributed by atoms with Crippen LogP contribution in [0.3, 0.4) is 0 Å². The summed E-state index contributed by atoms with van der Waals surface area (Å²) in [4.78, 5) is 14.6. The second-order valence-electron chi connectivity index (χ2n) is 7.92. The molecule has 3 rings (SSSR count). The van der Waals surface area contributed by atoms with E-state index in [-0.39, 0.29) is 36.0 Å². The van der Waals surface area contributed by atoms with Crippen molar-refractivity contribution < 1.29 is 17.6 Å². The normalized spacial score (nSPS) is 16.7. The summed E-state index contributed by atoms with van der Waals surface area (Å²) in [5.74, 6) is -0.328. The molecule has 9 heteroatoms. The highest BCUT2D eigenvalue weighted by Gasteiger charge is 2.29. The Kier molecular flexibility index (Phi) is 7.56. The van der Waals surface area contributed by atoms with Crippen LogP contribution in [0.1, 0.15) is 31.9 Å². The van der Waals surface area contributed by atoms with Gasteiger partial charge in [0.05, 0.1) is 10.9 Å². The van der Waals surface area contributed by atoms with Crippen molar-refractivity contribution in [2.45, 2.75) is 31.2 Å². The summed E-state index contributed by atoms with van der Waals surface area (Å²) in [6, 6.07) is 11.8. The molecule has 31 heavy (non-hydrogen) atoms. The van der Waals surface area contributed by atoms with Crippen LogP contribution in [0.2, 0.25) is 5.02 Å². The number of carbonyl (C=O) groups is 1. The van der Waals surface area contributed by atoms with Crippen LogP contribution in [0.4, 0.5) is 9.18 Å². The summed E-state index contributed by atoms with van der Waals surface area (Å²) in [6.45, 7) is 5.26. The lowest BCUT2D eigenvalue weighted by atomic mass is 9.96. The molecule has 1 saturated heterocycles. The first-order chi connectivity index (χ1) is 14.7. The van der Waals surface area contributed by atoms with Gasteiger partial charge in [0.2, 0.25) is 10.0 Å². The standard InChI is InChI=1S/C22H27ClFN3O3S/c1-16(2)21(17-4-6-18(23)7-5-17)25-22(28)26-12-3-13-27(15-14-26)31(29,30)20-10-8-19(24)9-11-20/h4-11,16,21H,3,12-15H2,1-2H3,(H,25,28). The number of benzene rings is 2. The molecule has 0 radical (unpaired) electrons. The predicted octanol–water partition coefficient (Wildman–Crippen LogP) is 4.28. The third kappa shape index (κ3) is 5.75. The molecule has 1 atom stereocenters. The zero-order valence-electron chi connectivity index (χ0n) is 17.6. The number of urea groups is 1. The number of hydrogen-bond acceptors (Lipinski definition) is 3. The highest BCUT2D eigenvalue weighted by molar-refractivity contribution is 7.89. The minimum atomic E-state index is -3.74. The van der Waals surface area contributed by atoms with Gasteiger partial charge in [-0.1, -0.05) is 37.6 Å². The minimum absolute atomic E-state index is 0.0504. The molecule has 1 unspecified atom stereocenters. The maximum Gasteiger partial charge on any atom is 0.317 e. The fourth-order valence-electron chi connectivity index (χ4n) is 3.62. The number of nitrogens with zero attached hydrogens (tertiary/aromatic N) is 2. The molecule has 1 aliphatic rings. The quantitative estimate of drug-likeness (QED) is 0.713. The number of amides is 2. The van der Waals surface area contributed by atoms with Gasteiger partial charge in [-0.3, -0.25) is 0 Å². The molecular weight excluding hydrogens is 441 g/mol. The van der Waals surface area contributed by atoms with Crippen LogP contribution >= 0.6 is 11.6 Å². The smallest absolute Gasteiger partial charge is 0.317 e. The van der Waals surface area contributed by atoms with Gasteiger partial charge in [-0.05, 0) is 54.3 Å². The third-order valence-corrected chi connectivity index (χ3v) is 7.53. The molecule has 1 fully saturated rings. The molecule has 6 nitrogen and oxygen atoms in total. The Balaban J connectivity index is 1.67. The zero-order chi connectivity index (χ0) is 22.6. The summed E-state index contributed by atoms with van der Waals surface area (Å²) >= 11 is 5.98. The number of halogens is 2. The second-order valence-corrected chi connectivity index (χ2v) is 10.3. The maximum atomic E-state index is 13.2. The molecule has 168 valence electrons. The lowest BCUT2D eigenvalue weighted by Crippen LogP contribution is -2.44. The molecule has 1 N–H and O–H groups in total. The van der Waals surface area contributed by atoms with Crippen LogP contribution < -0.4 is 5.32 Å². The Morgan fingerprint density at radius 2 is 1.65 bits per heavy atom. The van der Waals surface area contributed by atoms with Crippen molar-refractivity contribution in [2.75, 3.05) is 26.2 Å². The number of hydrogen-bond donors (Lipinski definition) is 1. The topological polar surface area (TPSA) is 69.7 Å². The highest BCUT2D eigenvalue weighted by atomic mass is 35.5. The Hall–Kier alpha value is -2.16. The number of nitrogens with one attached hydrogen (secondary N) is 1. The Morgan fingerprint density at radius 1 is 1.00 bits per heavy atom. The average Bonchev–Trinajstić information content (AvgIpc) is 3.00. The van der Waals surface area contributed by atoms with E-state index >= 15 is 0 Å². The summed E-state index contributed by atoms with van der Waals surface area (Å²) in [5.41, 5.74) is 0.961. The average molecular weight is 468 g/mol. The molecule has 1 aliphatic heterocycles. The van der Waals surface area contributed by atoms with Crippen molar-refractivity contribution in [1.82, 2.24) is 14.5 Å². The summed E-state index contributed by atoms with van der Waals surface area (Å²) in [5, 5.41) is 3.71. The van der Waals surface area contributed by atoms with Gasteiger partial charge in [-0.2, -0.15) is 4.31 Å². The summed E-state index contributed by atoms with van der Waals surface area (Å²) in [7, 11) is -3.74. The van der Waals surface area contributed by atoms with Crippen LogP contribution in [0.25, 0.3) is 0 Å². The number of carbonyl (C=O) groups excluding carboxylic acids is 1. The first-order valence-electron chi connectivity index (χ1n) is 10.2. The number of sulfonamides is 1. The van der Waals surface area contributed by atoms with E-state index in [0.29, 0.717) is 24.5 Å². The van der Waals surface area contributed by atoms with Crippen molar-refractivity contribution in [1.29, 1.82) is 0 Å². The molecule has 2 aromatic carbocycles. The monoisotopic (exact) mass is 467 g/mol. The van der Waals surface area contributed by atoms with Crippen molar-refractivity contribution in [3.63, 3.8) is 0 Å². The van der Waals surface area contributed by atoms with Gasteiger partial charge in [-0.15, -0.1) is 0 Å². The lowest BCUT2D eigenvalue weighted by Gasteiger charge is -2.28. The van der Waals surface area contributed by atoms with E-state index in [4.69, 9.17) is 11.6 Å². The van der Waals surface area contributed by atoms with Crippen LogP contribution in [-0.2, 0) is 10.0 Å². The molecule has 1 heterocycles. The molecule has 0 saturated carbocycles. The van der Waals surface area contributed by atoms with Crippen LogP contribution in [0.15, 0.2) is 53.4 Å². The van der Waals surface area contributed by atoms with E-state index < -0.39 is 15.8 Å². The van der Waals surface area contributed by atoms with Gasteiger partial charge in [0.25, 0.3) is 0 Å². The van der Waals surface area contributed by atoms with Crippen LogP contribution in [0.5, 0.6) is 0 Å². The molecule has 2 amide bonds. The molecule has 0 aromatic heterocycles. The Bertz CT molecular complexity index is 998. The molecular formula is C22H27ClFN3O3S. The fourth-order valence-corrected chi connectivity index (χ4v) is 5.22. The van der Waals surface area contributed by atoms with Crippen LogP contribution in [0, 0.1) is 11.7 Å². The van der Waals surface area contributed by atoms with Gasteiger partial charge in [0.1, 0.15) is 5.82 Å². The van der Waals surface area contributed by atoms with E-state index in [1.165, 1.54) is 16.4 Å². The van der Waals surface area contributed by atoms with E-state index in [9.17, 15) is 17.6 Å². The highest BCUT2D eigenvalue weighted by Crippen LogP contribution is 2.24. The van der Waals surface area contributed by atoms with Crippen molar-refractivity contribution in [2.24, 2.45) is 5.92 Å². The van der Waals surface area contributed by atoms with Crippen molar-refractivity contribution in [3.05, 3.63) is 64.9 Å². The van der Waals surface area contributed by atoms with E-state index in [1.807, 2.05) is 26.0 Å². The van der Waals surface area contributed by atoms with E-state index in [2.05, 4.69) is 5.32 Å². The minimum Gasteiger partial charge on any atom is -0.331 e. The van der Waals surface area contributed by atoms with Gasteiger partial charge in [-0.25, -0.2) is 17.6 Å². The van der Waals surface area contributed by atoms with E-state index in [1.54, 1.807) is 17.0 Å². The first-order valence-corrected chi connectivity index (χ1v) is 12.1. The largest absolute Gasteiger partial charge is 0.331 e. The third-order valence-electron chi connectivity index (χ3n) is 5.37.